The Kier molecular flexibility index (Phi) is 7.76. The summed E-state index contributed by atoms with van der Waals surface area (Å²) in [5.41, 5.74) is 1.70. The number of hydrogen-bond donors (Lipinski definition) is 1. The Labute approximate surface area is 201 Å². The summed E-state index contributed by atoms with van der Waals surface area (Å²) >= 11 is 1.77. The summed E-state index contributed by atoms with van der Waals surface area (Å²) in [6.07, 6.45) is 3.98. The second kappa shape index (κ2) is 10.0. The van der Waals surface area contributed by atoms with Crippen LogP contribution in [0.2, 0.25) is 0 Å². The minimum atomic E-state index is -0.670. The van der Waals surface area contributed by atoms with Crippen molar-refractivity contribution in [3.05, 3.63) is 35.5 Å². The van der Waals surface area contributed by atoms with Crippen molar-refractivity contribution in [1.29, 1.82) is 0 Å². The molecule has 0 bridgehead atoms. The highest BCUT2D eigenvalue weighted by atomic mass is 32.2. The molecule has 7 nitrogen and oxygen atoms in total. The molecule has 1 saturated heterocycles. The van der Waals surface area contributed by atoms with E-state index in [0.29, 0.717) is 27.9 Å². The van der Waals surface area contributed by atoms with Crippen LogP contribution in [0.15, 0.2) is 29.4 Å². The predicted octanol–water partition coefficient (Wildman–Crippen LogP) is 4.90. The van der Waals surface area contributed by atoms with Gasteiger partial charge in [-0.1, -0.05) is 19.9 Å². The van der Waals surface area contributed by atoms with Crippen molar-refractivity contribution in [2.24, 2.45) is 0 Å². The van der Waals surface area contributed by atoms with Gasteiger partial charge in [-0.25, -0.2) is 14.8 Å². The van der Waals surface area contributed by atoms with Crippen molar-refractivity contribution in [2.75, 3.05) is 12.4 Å². The average Bonchev–Trinajstić information content (AvgIpc) is 3.00. The SMILES string of the molecule is CCC(CC)Sc1nc(Nc2ccc(B3OC(C)(C)C(C)(C)O3)c(C(=O)OC)c2)ncc1C. The van der Waals surface area contributed by atoms with Gasteiger partial charge < -0.3 is 19.4 Å². The summed E-state index contributed by atoms with van der Waals surface area (Å²) < 4.78 is 17.3. The predicted molar refractivity (Wildman–Crippen MR) is 134 cm³/mol. The van der Waals surface area contributed by atoms with Gasteiger partial charge in [0.05, 0.1) is 23.9 Å². The number of thioether (sulfide) groups is 1. The molecule has 0 saturated carbocycles. The fourth-order valence-corrected chi connectivity index (χ4v) is 4.47. The molecule has 0 atom stereocenters. The molecule has 0 amide bonds. The minimum Gasteiger partial charge on any atom is -0.465 e. The number of rotatable bonds is 8. The summed E-state index contributed by atoms with van der Waals surface area (Å²) in [4.78, 5) is 21.7. The summed E-state index contributed by atoms with van der Waals surface area (Å²) in [7, 11) is 0.692. The highest BCUT2D eigenvalue weighted by Crippen LogP contribution is 2.37. The Morgan fingerprint density at radius 2 is 1.82 bits per heavy atom. The van der Waals surface area contributed by atoms with Crippen LogP contribution in [0.1, 0.15) is 70.3 Å². The number of ether oxygens (including phenoxy) is 1. The number of esters is 1. The number of benzene rings is 1. The van der Waals surface area contributed by atoms with Crippen molar-refractivity contribution in [3.8, 4) is 0 Å². The normalized spacial score (nSPS) is 16.8. The van der Waals surface area contributed by atoms with Crippen LogP contribution in [0, 0.1) is 6.92 Å². The molecule has 33 heavy (non-hydrogen) atoms. The molecular weight excluding hydrogens is 437 g/mol. The maximum atomic E-state index is 12.6. The molecule has 1 aromatic carbocycles. The summed E-state index contributed by atoms with van der Waals surface area (Å²) in [6, 6.07) is 5.41. The number of methoxy groups -OCH3 is 1. The number of nitrogens with one attached hydrogen (secondary N) is 1. The van der Waals surface area contributed by atoms with Crippen LogP contribution in [-0.4, -0.2) is 46.6 Å². The fraction of sp³-hybridized carbons (Fsp3) is 0.542. The van der Waals surface area contributed by atoms with Gasteiger partial charge in [-0.05, 0) is 70.6 Å². The van der Waals surface area contributed by atoms with Gasteiger partial charge in [0.15, 0.2) is 0 Å². The third-order valence-electron chi connectivity index (χ3n) is 6.34. The van der Waals surface area contributed by atoms with Crippen molar-refractivity contribution >= 4 is 41.9 Å². The second-order valence-electron chi connectivity index (χ2n) is 9.24. The monoisotopic (exact) mass is 471 g/mol. The van der Waals surface area contributed by atoms with E-state index in [1.807, 2.05) is 52.9 Å². The molecule has 1 aromatic heterocycles. The Morgan fingerprint density at radius 1 is 1.18 bits per heavy atom. The largest absolute Gasteiger partial charge is 0.495 e. The van der Waals surface area contributed by atoms with Crippen molar-refractivity contribution < 1.29 is 18.8 Å². The van der Waals surface area contributed by atoms with Crippen LogP contribution in [0.3, 0.4) is 0 Å². The molecule has 1 aliphatic heterocycles. The molecule has 1 fully saturated rings. The Morgan fingerprint density at radius 3 is 2.39 bits per heavy atom. The number of hydrogen-bond acceptors (Lipinski definition) is 8. The third-order valence-corrected chi connectivity index (χ3v) is 7.97. The highest BCUT2D eigenvalue weighted by Gasteiger charge is 2.52. The van der Waals surface area contributed by atoms with Gasteiger partial charge in [0.1, 0.15) is 5.03 Å². The first-order valence-corrected chi connectivity index (χ1v) is 12.2. The number of nitrogens with zero attached hydrogens (tertiary/aromatic N) is 2. The molecular formula is C24H34BN3O4S. The molecule has 0 aliphatic carbocycles. The van der Waals surface area contributed by atoms with Gasteiger partial charge in [0.2, 0.25) is 5.95 Å². The van der Waals surface area contributed by atoms with Gasteiger partial charge >= 0.3 is 13.1 Å². The molecule has 1 aliphatic rings. The summed E-state index contributed by atoms with van der Waals surface area (Å²) in [5, 5.41) is 4.70. The standard InChI is InChI=1S/C24H34BN3O4S/c1-9-17(10-2)33-20-15(3)14-26-22(28-20)27-16-11-12-19(18(13-16)21(29)30-8)25-31-23(4,5)24(6,7)32-25/h11-14,17H,9-10H2,1-8H3,(H,26,27,28). The highest BCUT2D eigenvalue weighted by molar-refractivity contribution is 7.99. The van der Waals surface area contributed by atoms with Crippen LogP contribution in [0.25, 0.3) is 0 Å². The van der Waals surface area contributed by atoms with Gasteiger partial charge in [0.25, 0.3) is 0 Å². The Balaban J connectivity index is 1.89. The summed E-state index contributed by atoms with van der Waals surface area (Å²) in [5.74, 6) is 0.0198. The van der Waals surface area contributed by atoms with Crippen LogP contribution in [0.4, 0.5) is 11.6 Å². The number of carbonyl (C=O) groups excluding carboxylic acids is 1. The zero-order valence-corrected chi connectivity index (χ0v) is 21.6. The van der Waals surface area contributed by atoms with Crippen molar-refractivity contribution in [1.82, 2.24) is 9.97 Å². The second-order valence-corrected chi connectivity index (χ2v) is 10.5. The van der Waals surface area contributed by atoms with E-state index in [1.165, 1.54) is 7.11 Å². The zero-order valence-electron chi connectivity index (χ0n) is 20.8. The lowest BCUT2D eigenvalue weighted by Crippen LogP contribution is -2.41. The van der Waals surface area contributed by atoms with Gasteiger partial charge in [0, 0.05) is 17.1 Å². The van der Waals surface area contributed by atoms with E-state index in [4.69, 9.17) is 19.0 Å². The maximum absolute atomic E-state index is 12.6. The lowest BCUT2D eigenvalue weighted by Gasteiger charge is -2.32. The molecule has 178 valence electrons. The molecule has 0 radical (unpaired) electrons. The van der Waals surface area contributed by atoms with E-state index < -0.39 is 24.3 Å². The lowest BCUT2D eigenvalue weighted by atomic mass is 9.75. The van der Waals surface area contributed by atoms with Gasteiger partial charge in [-0.15, -0.1) is 11.8 Å². The third kappa shape index (κ3) is 5.53. The molecule has 2 aromatic rings. The van der Waals surface area contributed by atoms with E-state index >= 15 is 0 Å². The van der Waals surface area contributed by atoms with Crippen LogP contribution in [-0.2, 0) is 14.0 Å². The zero-order chi connectivity index (χ0) is 24.4. The smallest absolute Gasteiger partial charge is 0.465 e. The van der Waals surface area contributed by atoms with Crippen molar-refractivity contribution in [3.63, 3.8) is 0 Å². The van der Waals surface area contributed by atoms with Crippen LogP contribution in [0.5, 0.6) is 0 Å². The van der Waals surface area contributed by atoms with Gasteiger partial charge in [-0.2, -0.15) is 0 Å². The first-order valence-electron chi connectivity index (χ1n) is 11.4. The number of carbonyl (C=O) groups is 1. The van der Waals surface area contributed by atoms with Gasteiger partial charge in [-0.3, -0.25) is 0 Å². The van der Waals surface area contributed by atoms with E-state index in [-0.39, 0.29) is 0 Å². The Hall–Kier alpha value is -2.10. The topological polar surface area (TPSA) is 82.6 Å². The maximum Gasteiger partial charge on any atom is 0.495 e. The molecule has 9 heteroatoms. The fourth-order valence-electron chi connectivity index (χ4n) is 3.44. The molecule has 0 unspecified atom stereocenters. The lowest BCUT2D eigenvalue weighted by molar-refractivity contribution is 0.00578. The minimum absolute atomic E-state index is 0.375. The van der Waals surface area contributed by atoms with E-state index in [9.17, 15) is 4.79 Å². The molecule has 2 heterocycles. The number of aromatic nitrogens is 2. The first kappa shape index (κ1) is 25.5. The summed E-state index contributed by atoms with van der Waals surface area (Å²) in [6.45, 7) is 14.3. The molecule has 0 spiro atoms. The quantitative estimate of drug-likeness (QED) is 0.252. The first-order chi connectivity index (χ1) is 15.5. The molecule has 3 rings (SSSR count). The van der Waals surface area contributed by atoms with E-state index in [2.05, 4.69) is 24.1 Å². The van der Waals surface area contributed by atoms with Crippen molar-refractivity contribution in [2.45, 2.75) is 82.8 Å². The number of aryl methyl sites for hydroxylation is 1. The number of anilines is 2. The van der Waals surface area contributed by atoms with E-state index in [0.717, 1.165) is 23.4 Å². The average molecular weight is 471 g/mol. The van der Waals surface area contributed by atoms with Crippen LogP contribution < -0.4 is 10.8 Å². The van der Waals surface area contributed by atoms with Crippen LogP contribution >= 0.6 is 11.8 Å². The van der Waals surface area contributed by atoms with E-state index in [1.54, 1.807) is 17.8 Å². The Bertz CT molecular complexity index is 995. The molecule has 1 N–H and O–H groups in total.